The van der Waals surface area contributed by atoms with E-state index in [0.717, 1.165) is 23.1 Å². The molecule has 2 aliphatic heterocycles. The fourth-order valence-corrected chi connectivity index (χ4v) is 7.76. The van der Waals surface area contributed by atoms with Gasteiger partial charge in [-0.2, -0.15) is 4.98 Å². The maximum atomic E-state index is 14.5. The Bertz CT molecular complexity index is 2030. The van der Waals surface area contributed by atoms with E-state index in [-0.39, 0.29) is 46.8 Å². The molecule has 2 aromatic carbocycles. The number of sulfonamides is 1. The Morgan fingerprint density at radius 3 is 2.44 bits per heavy atom. The molecular formula is C37H43N7O5S. The first-order valence-corrected chi connectivity index (χ1v) is 18.2. The summed E-state index contributed by atoms with van der Waals surface area (Å²) in [6.07, 6.45) is 2.02. The molecule has 0 saturated carbocycles. The Labute approximate surface area is 293 Å². The van der Waals surface area contributed by atoms with Crippen LogP contribution in [0.3, 0.4) is 0 Å². The normalized spacial score (nSPS) is 19.1. The average molecular weight is 698 g/mol. The van der Waals surface area contributed by atoms with E-state index in [1.165, 1.54) is 12.1 Å². The Morgan fingerprint density at radius 2 is 1.72 bits per heavy atom. The second-order valence-corrected chi connectivity index (χ2v) is 15.9. The minimum Gasteiger partial charge on any atom is -0.475 e. The number of ether oxygens (including phenoxy) is 1. The van der Waals surface area contributed by atoms with Gasteiger partial charge < -0.3 is 20.3 Å². The van der Waals surface area contributed by atoms with Crippen molar-refractivity contribution in [2.45, 2.75) is 77.4 Å². The summed E-state index contributed by atoms with van der Waals surface area (Å²) in [6.45, 7) is 11.0. The van der Waals surface area contributed by atoms with Gasteiger partial charge in [-0.05, 0) is 80.0 Å². The van der Waals surface area contributed by atoms with Crippen molar-refractivity contribution in [3.8, 4) is 17.1 Å². The van der Waals surface area contributed by atoms with Gasteiger partial charge in [-0.3, -0.25) is 9.59 Å². The third kappa shape index (κ3) is 7.57. The van der Waals surface area contributed by atoms with Crippen LogP contribution in [0.1, 0.15) is 67.2 Å². The van der Waals surface area contributed by atoms with Crippen molar-refractivity contribution in [3.63, 3.8) is 0 Å². The first-order valence-electron chi connectivity index (χ1n) is 16.7. The molecule has 0 aliphatic carbocycles. The molecule has 2 atom stereocenters. The van der Waals surface area contributed by atoms with E-state index in [0.29, 0.717) is 36.6 Å². The van der Waals surface area contributed by atoms with Gasteiger partial charge >= 0.3 is 0 Å². The van der Waals surface area contributed by atoms with E-state index in [4.69, 9.17) is 15.5 Å². The van der Waals surface area contributed by atoms with Crippen LogP contribution < -0.4 is 20.1 Å². The largest absolute Gasteiger partial charge is 0.475 e. The van der Waals surface area contributed by atoms with Crippen molar-refractivity contribution in [3.05, 3.63) is 89.1 Å². The summed E-state index contributed by atoms with van der Waals surface area (Å²) in [5.74, 6) is -0.144. The first kappa shape index (κ1) is 34.8. The molecule has 2 aromatic heterocycles. The van der Waals surface area contributed by atoms with Gasteiger partial charge in [-0.25, -0.2) is 23.1 Å². The fraction of sp³-hybridized carbons (Fsp3) is 0.378. The molecule has 1 unspecified atom stereocenters. The van der Waals surface area contributed by atoms with Crippen LogP contribution in [0.2, 0.25) is 0 Å². The number of carbonyl (C=O) groups is 2. The zero-order valence-corrected chi connectivity index (χ0v) is 29.8. The summed E-state index contributed by atoms with van der Waals surface area (Å²) in [4.78, 5) is 44.2. The summed E-state index contributed by atoms with van der Waals surface area (Å²) in [5, 5.41) is 0. The minimum absolute atomic E-state index is 0.0632. The van der Waals surface area contributed by atoms with Gasteiger partial charge in [0.15, 0.2) is 0 Å². The standard InChI is InChI=1S/C37H43N7O5S/c1-23-10-6-11-24(2)33(23)29-19-32-41-36(40-29)42-50(47,48)28-14-7-12-25(18-28)35(46)44(27(22-49-32)20-37(3,4)5)21-26-13-8-16-31(39-26)43-17-9-15-30(43)34(38)45/h6-8,10-14,16,18-19,27,30H,9,15,17,20-22H2,1-5H3,(H2,38,45)(H,40,41,42)/t27-,30?/m1/s1. The lowest BCUT2D eigenvalue weighted by Crippen LogP contribution is -2.45. The van der Waals surface area contributed by atoms with Gasteiger partial charge in [0.25, 0.3) is 15.9 Å². The van der Waals surface area contributed by atoms with Crippen LogP contribution in [-0.4, -0.2) is 65.3 Å². The molecule has 13 heteroatoms. The second-order valence-electron chi connectivity index (χ2n) is 14.2. The van der Waals surface area contributed by atoms with E-state index >= 15 is 0 Å². The molecule has 6 rings (SSSR count). The number of aromatic nitrogens is 3. The predicted octanol–water partition coefficient (Wildman–Crippen LogP) is 5.25. The number of benzene rings is 2. The first-order chi connectivity index (χ1) is 23.7. The van der Waals surface area contributed by atoms with Gasteiger partial charge in [-0.15, -0.1) is 0 Å². The number of rotatable bonds is 6. The van der Waals surface area contributed by atoms with Crippen LogP contribution in [0.5, 0.6) is 5.88 Å². The Hall–Kier alpha value is -5.04. The molecule has 1 saturated heterocycles. The number of carbonyl (C=O) groups excluding carboxylic acids is 2. The molecule has 0 radical (unpaired) electrons. The Balaban J connectivity index is 1.46. The third-order valence-electron chi connectivity index (χ3n) is 9.03. The SMILES string of the molecule is Cc1cccc(C)c1-c1cc2nc(n1)NS(=O)(=O)c1cccc(c1)C(=O)N(Cc1cccc(N3CCCC3C(N)=O)n1)[C@H](CC(C)(C)C)CO2. The monoisotopic (exact) mass is 697 g/mol. The van der Waals surface area contributed by atoms with Crippen molar-refractivity contribution < 1.29 is 22.7 Å². The Kier molecular flexibility index (Phi) is 9.54. The maximum Gasteiger partial charge on any atom is 0.264 e. The molecule has 3 N–H and O–H groups in total. The average Bonchev–Trinajstić information content (AvgIpc) is 3.55. The van der Waals surface area contributed by atoms with Crippen molar-refractivity contribution in [2.24, 2.45) is 11.1 Å². The van der Waals surface area contributed by atoms with Crippen molar-refractivity contribution in [1.29, 1.82) is 0 Å². The zero-order chi connectivity index (χ0) is 35.8. The third-order valence-corrected chi connectivity index (χ3v) is 10.4. The molecule has 262 valence electrons. The summed E-state index contributed by atoms with van der Waals surface area (Å²) in [6, 6.07) is 18.1. The lowest BCUT2D eigenvalue weighted by atomic mass is 9.87. The van der Waals surface area contributed by atoms with E-state index in [9.17, 15) is 18.0 Å². The number of primary amides is 1. The zero-order valence-electron chi connectivity index (χ0n) is 29.0. The minimum atomic E-state index is -4.20. The molecule has 2 amide bonds. The number of fused-ring (bicyclic) bond motifs is 4. The Morgan fingerprint density at radius 1 is 1.00 bits per heavy atom. The van der Waals surface area contributed by atoms with Crippen LogP contribution in [0.15, 0.2) is 71.6 Å². The number of anilines is 2. The van der Waals surface area contributed by atoms with Crippen molar-refractivity contribution >= 4 is 33.6 Å². The lowest BCUT2D eigenvalue weighted by Gasteiger charge is -2.35. The van der Waals surface area contributed by atoms with Crippen LogP contribution >= 0.6 is 0 Å². The van der Waals surface area contributed by atoms with Crippen molar-refractivity contribution in [2.75, 3.05) is 22.8 Å². The van der Waals surface area contributed by atoms with E-state index < -0.39 is 28.0 Å². The number of nitrogens with one attached hydrogen (secondary N) is 1. The van der Waals surface area contributed by atoms with E-state index in [1.54, 1.807) is 23.1 Å². The lowest BCUT2D eigenvalue weighted by molar-refractivity contribution is -0.119. The molecule has 4 aromatic rings. The quantitative estimate of drug-likeness (QED) is 0.274. The number of amides is 2. The van der Waals surface area contributed by atoms with Crippen LogP contribution in [-0.2, 0) is 21.4 Å². The van der Waals surface area contributed by atoms with E-state index in [2.05, 4.69) is 35.5 Å². The number of pyridine rings is 1. The predicted molar refractivity (Wildman–Crippen MR) is 191 cm³/mol. The van der Waals surface area contributed by atoms with Gasteiger partial charge in [0.1, 0.15) is 18.5 Å². The molecule has 50 heavy (non-hydrogen) atoms. The maximum absolute atomic E-state index is 14.5. The van der Waals surface area contributed by atoms with Gasteiger partial charge in [0.05, 0.1) is 28.9 Å². The van der Waals surface area contributed by atoms with E-state index in [1.807, 2.05) is 55.1 Å². The number of nitrogens with two attached hydrogens (primary N) is 1. The molecule has 4 bridgehead atoms. The van der Waals surface area contributed by atoms with Gasteiger partial charge in [0, 0.05) is 23.7 Å². The highest BCUT2D eigenvalue weighted by Crippen LogP contribution is 2.32. The highest BCUT2D eigenvalue weighted by Gasteiger charge is 2.33. The summed E-state index contributed by atoms with van der Waals surface area (Å²) < 4.78 is 36.3. The molecule has 2 aliphatic rings. The summed E-state index contributed by atoms with van der Waals surface area (Å²) in [7, 11) is -4.20. The van der Waals surface area contributed by atoms with Crippen LogP contribution in [0.25, 0.3) is 11.3 Å². The number of hydrogen-bond acceptors (Lipinski definition) is 9. The van der Waals surface area contributed by atoms with Crippen LogP contribution in [0, 0.1) is 19.3 Å². The van der Waals surface area contributed by atoms with Crippen LogP contribution in [0.4, 0.5) is 11.8 Å². The number of nitrogens with zero attached hydrogens (tertiary/aromatic N) is 5. The summed E-state index contributed by atoms with van der Waals surface area (Å²) >= 11 is 0. The van der Waals surface area contributed by atoms with Gasteiger partial charge in [0.2, 0.25) is 17.7 Å². The highest BCUT2D eigenvalue weighted by molar-refractivity contribution is 7.92. The molecule has 4 heterocycles. The van der Waals surface area contributed by atoms with Gasteiger partial charge in [-0.1, -0.05) is 51.1 Å². The highest BCUT2D eigenvalue weighted by atomic mass is 32.2. The topological polar surface area (TPSA) is 161 Å². The number of hydrogen-bond donors (Lipinski definition) is 2. The molecule has 1 fully saturated rings. The molecular weight excluding hydrogens is 655 g/mol. The second kappa shape index (κ2) is 13.7. The molecule has 12 nitrogen and oxygen atoms in total. The smallest absolute Gasteiger partial charge is 0.264 e. The summed E-state index contributed by atoms with van der Waals surface area (Å²) in [5.41, 5.74) is 9.53. The number of aryl methyl sites for hydroxylation is 2. The fourth-order valence-electron chi connectivity index (χ4n) is 6.77. The van der Waals surface area contributed by atoms with Crippen molar-refractivity contribution in [1.82, 2.24) is 19.9 Å². The molecule has 0 spiro atoms.